The standard InChI is InChI=1S/C12H30O4Si3/c1-12(2)11-14-9-10-19(13,15-17(3,4)5)16-18(6,7)8/h13H,1,9-11H2,2-8H3. The first-order chi connectivity index (χ1) is 8.33. The van der Waals surface area contributed by atoms with Crippen molar-refractivity contribution in [2.24, 2.45) is 0 Å². The molecule has 0 aliphatic heterocycles. The zero-order valence-corrected chi connectivity index (χ0v) is 16.5. The molecule has 4 nitrogen and oxygen atoms in total. The van der Waals surface area contributed by atoms with Crippen LogP contribution in [0.25, 0.3) is 0 Å². The summed E-state index contributed by atoms with van der Waals surface area (Å²) >= 11 is 0. The average Bonchev–Trinajstić information content (AvgIpc) is 2.05. The highest BCUT2D eigenvalue weighted by Gasteiger charge is 2.44. The van der Waals surface area contributed by atoms with E-state index in [-0.39, 0.29) is 0 Å². The lowest BCUT2D eigenvalue weighted by atomic mass is 10.4. The zero-order chi connectivity index (χ0) is 15.3. The molecule has 0 bridgehead atoms. The van der Waals surface area contributed by atoms with Crippen molar-refractivity contribution in [3.63, 3.8) is 0 Å². The normalized spacial score (nSPS) is 13.7. The molecule has 0 atom stereocenters. The van der Waals surface area contributed by atoms with Gasteiger partial charge in [-0.25, -0.2) is 0 Å². The summed E-state index contributed by atoms with van der Waals surface area (Å²) in [6.45, 7) is 19.0. The maximum Gasteiger partial charge on any atom is 0.479 e. The lowest BCUT2D eigenvalue weighted by molar-refractivity contribution is 0.151. The van der Waals surface area contributed by atoms with E-state index in [1.165, 1.54) is 0 Å². The van der Waals surface area contributed by atoms with Gasteiger partial charge in [0.05, 0.1) is 13.2 Å². The zero-order valence-electron chi connectivity index (χ0n) is 13.5. The molecule has 19 heavy (non-hydrogen) atoms. The highest BCUT2D eigenvalue weighted by Crippen LogP contribution is 2.21. The summed E-state index contributed by atoms with van der Waals surface area (Å²) in [6.07, 6.45) is 0. The van der Waals surface area contributed by atoms with Gasteiger partial charge in [-0.1, -0.05) is 12.2 Å². The Labute approximate surface area is 121 Å². The second-order valence-corrected chi connectivity index (χ2v) is 18.9. The molecule has 0 radical (unpaired) electrons. The van der Waals surface area contributed by atoms with Crippen LogP contribution in [0.3, 0.4) is 0 Å². The fourth-order valence-corrected chi connectivity index (χ4v) is 10.9. The van der Waals surface area contributed by atoms with Crippen LogP contribution in [0, 0.1) is 0 Å². The highest BCUT2D eigenvalue weighted by molar-refractivity contribution is 6.85. The van der Waals surface area contributed by atoms with Gasteiger partial charge in [0.15, 0.2) is 16.6 Å². The fraction of sp³-hybridized carbons (Fsp3) is 0.833. The van der Waals surface area contributed by atoms with Gasteiger partial charge in [0, 0.05) is 6.04 Å². The number of rotatable bonds is 9. The van der Waals surface area contributed by atoms with Gasteiger partial charge in [0.1, 0.15) is 0 Å². The lowest BCUT2D eigenvalue weighted by Gasteiger charge is -2.35. The largest absolute Gasteiger partial charge is 0.479 e. The third kappa shape index (κ3) is 11.7. The molecule has 114 valence electrons. The summed E-state index contributed by atoms with van der Waals surface area (Å²) in [5, 5.41) is 0. The minimum atomic E-state index is -3.12. The van der Waals surface area contributed by atoms with Gasteiger partial charge in [-0.3, -0.25) is 0 Å². The van der Waals surface area contributed by atoms with E-state index in [2.05, 4.69) is 45.9 Å². The number of hydrogen-bond acceptors (Lipinski definition) is 4. The molecule has 0 rings (SSSR count). The molecule has 0 aliphatic rings. The molecule has 0 heterocycles. The summed E-state index contributed by atoms with van der Waals surface area (Å²) in [5.41, 5.74) is 0.974. The van der Waals surface area contributed by atoms with Crippen molar-refractivity contribution in [3.05, 3.63) is 12.2 Å². The SMILES string of the molecule is C=C(C)COCC[Si](O)(O[Si](C)(C)C)O[Si](C)(C)C. The van der Waals surface area contributed by atoms with Crippen LogP contribution in [0.2, 0.25) is 45.3 Å². The summed E-state index contributed by atoms with van der Waals surface area (Å²) in [7, 11) is -6.80. The van der Waals surface area contributed by atoms with Crippen LogP contribution in [0.5, 0.6) is 0 Å². The average molecular weight is 323 g/mol. The van der Waals surface area contributed by atoms with Gasteiger partial charge in [0.25, 0.3) is 0 Å². The monoisotopic (exact) mass is 322 g/mol. The second-order valence-electron chi connectivity index (χ2n) is 6.90. The summed E-state index contributed by atoms with van der Waals surface area (Å²) in [5.74, 6) is 0. The Kier molecular flexibility index (Phi) is 7.39. The van der Waals surface area contributed by atoms with Crippen molar-refractivity contribution in [3.8, 4) is 0 Å². The molecule has 0 spiro atoms. The van der Waals surface area contributed by atoms with Crippen LogP contribution in [0.1, 0.15) is 6.92 Å². The first kappa shape index (κ1) is 19.2. The smallest absolute Gasteiger partial charge is 0.416 e. The Morgan fingerprint density at radius 1 is 1.00 bits per heavy atom. The second kappa shape index (κ2) is 7.30. The quantitative estimate of drug-likeness (QED) is 0.402. The van der Waals surface area contributed by atoms with E-state index in [1.807, 2.05) is 6.92 Å². The fourth-order valence-electron chi connectivity index (χ4n) is 1.53. The van der Waals surface area contributed by atoms with Crippen molar-refractivity contribution in [2.45, 2.75) is 52.2 Å². The third-order valence-electron chi connectivity index (χ3n) is 1.84. The molecular formula is C12H30O4Si3. The molecule has 0 saturated heterocycles. The highest BCUT2D eigenvalue weighted by atomic mass is 28.5. The molecule has 0 aromatic rings. The Morgan fingerprint density at radius 2 is 1.42 bits per heavy atom. The molecule has 0 amide bonds. The van der Waals surface area contributed by atoms with Crippen molar-refractivity contribution in [1.82, 2.24) is 0 Å². The van der Waals surface area contributed by atoms with Crippen LogP contribution in [-0.4, -0.2) is 43.4 Å². The molecule has 0 aromatic carbocycles. The van der Waals surface area contributed by atoms with Crippen LogP contribution in [0.4, 0.5) is 0 Å². The Bertz CT molecular complexity index is 278. The Balaban J connectivity index is 4.54. The molecule has 0 saturated carbocycles. The van der Waals surface area contributed by atoms with Gasteiger partial charge in [0.2, 0.25) is 0 Å². The van der Waals surface area contributed by atoms with E-state index >= 15 is 0 Å². The Morgan fingerprint density at radius 3 is 1.74 bits per heavy atom. The van der Waals surface area contributed by atoms with Crippen LogP contribution < -0.4 is 0 Å². The van der Waals surface area contributed by atoms with Gasteiger partial charge < -0.3 is 17.8 Å². The van der Waals surface area contributed by atoms with Gasteiger partial charge >= 0.3 is 8.80 Å². The molecule has 7 heteroatoms. The summed E-state index contributed by atoms with van der Waals surface area (Å²) in [6, 6.07) is 0.453. The Hall–Kier alpha value is 0.231. The molecule has 1 N–H and O–H groups in total. The van der Waals surface area contributed by atoms with Gasteiger partial charge in [-0.05, 0) is 46.2 Å². The summed E-state index contributed by atoms with van der Waals surface area (Å²) in [4.78, 5) is 10.7. The van der Waals surface area contributed by atoms with Crippen LogP contribution in [0.15, 0.2) is 12.2 Å². The van der Waals surface area contributed by atoms with Crippen molar-refractivity contribution in [2.75, 3.05) is 13.2 Å². The summed E-state index contributed by atoms with van der Waals surface area (Å²) < 4.78 is 17.4. The first-order valence-electron chi connectivity index (χ1n) is 6.68. The van der Waals surface area contributed by atoms with Gasteiger partial charge in [-0.15, -0.1) is 0 Å². The van der Waals surface area contributed by atoms with E-state index in [9.17, 15) is 4.80 Å². The molecule has 0 unspecified atom stereocenters. The van der Waals surface area contributed by atoms with E-state index in [0.717, 1.165) is 5.57 Å². The predicted molar refractivity (Wildman–Crippen MR) is 87.3 cm³/mol. The van der Waals surface area contributed by atoms with Crippen molar-refractivity contribution >= 4 is 25.4 Å². The molecule has 0 fully saturated rings. The van der Waals surface area contributed by atoms with Crippen LogP contribution in [-0.2, 0) is 13.0 Å². The molecule has 0 aliphatic carbocycles. The number of hydrogen-bond donors (Lipinski definition) is 1. The molecular weight excluding hydrogens is 292 g/mol. The maximum atomic E-state index is 10.7. The van der Waals surface area contributed by atoms with Gasteiger partial charge in [-0.2, -0.15) is 0 Å². The minimum absolute atomic E-state index is 0.449. The topological polar surface area (TPSA) is 47.9 Å². The van der Waals surface area contributed by atoms with E-state index in [1.54, 1.807) is 0 Å². The number of ether oxygens (including phenoxy) is 1. The van der Waals surface area contributed by atoms with Crippen molar-refractivity contribution < 1.29 is 17.8 Å². The molecule has 0 aromatic heterocycles. The first-order valence-corrected chi connectivity index (χ1v) is 15.5. The van der Waals surface area contributed by atoms with Crippen molar-refractivity contribution in [1.29, 1.82) is 0 Å². The third-order valence-corrected chi connectivity index (χ3v) is 10.1. The lowest BCUT2D eigenvalue weighted by Crippen LogP contribution is -2.55. The van der Waals surface area contributed by atoms with Crippen LogP contribution >= 0.6 is 0 Å². The predicted octanol–water partition coefficient (Wildman–Crippen LogP) is 3.21. The van der Waals surface area contributed by atoms with E-state index in [4.69, 9.17) is 13.0 Å². The maximum absolute atomic E-state index is 10.7. The minimum Gasteiger partial charge on any atom is -0.416 e. The van der Waals surface area contributed by atoms with E-state index in [0.29, 0.717) is 19.3 Å². The van der Waals surface area contributed by atoms with E-state index < -0.39 is 25.4 Å².